The van der Waals surface area contributed by atoms with Gasteiger partial charge in [0.05, 0.1) is 5.69 Å². The van der Waals surface area contributed by atoms with Crippen molar-refractivity contribution < 1.29 is 4.79 Å². The van der Waals surface area contributed by atoms with E-state index in [1.807, 2.05) is 18.2 Å². The van der Waals surface area contributed by atoms with Crippen LogP contribution in [0.5, 0.6) is 0 Å². The number of piperazine rings is 1. The number of rotatable bonds is 4. The molecule has 6 heteroatoms. The van der Waals surface area contributed by atoms with Crippen molar-refractivity contribution in [2.75, 3.05) is 32.7 Å². The molecule has 0 saturated carbocycles. The summed E-state index contributed by atoms with van der Waals surface area (Å²) in [4.78, 5) is 22.2. The third kappa shape index (κ3) is 4.08. The number of aliphatic imine (C=N–C) groups is 1. The van der Waals surface area contributed by atoms with Crippen LogP contribution in [0.15, 0.2) is 57.2 Å². The molecule has 0 bridgehead atoms. The summed E-state index contributed by atoms with van der Waals surface area (Å²) < 4.78 is 0. The first kappa shape index (κ1) is 19.0. The van der Waals surface area contributed by atoms with E-state index in [4.69, 9.17) is 4.99 Å². The lowest BCUT2D eigenvalue weighted by atomic mass is 10.1. The fraction of sp³-hybridized carbons (Fsp3) is 0.364. The van der Waals surface area contributed by atoms with Crippen molar-refractivity contribution >= 4 is 29.2 Å². The standard InChI is InChI=1S/C22H26N4OS/c1-2-3-10-24-22(27)16-8-9-20-18(15-16)25-21(26-13-11-23-12-14-26)17-6-4-5-7-19(17)28-20/h4-9,15,23H,2-3,10-14H2,1H3,(H,24,27). The quantitative estimate of drug-likeness (QED) is 0.777. The van der Waals surface area contributed by atoms with Crippen LogP contribution >= 0.6 is 11.8 Å². The second kappa shape index (κ2) is 8.80. The predicted molar refractivity (Wildman–Crippen MR) is 115 cm³/mol. The highest BCUT2D eigenvalue weighted by atomic mass is 32.2. The number of amidine groups is 1. The zero-order valence-corrected chi connectivity index (χ0v) is 17.0. The van der Waals surface area contributed by atoms with Gasteiger partial charge in [-0.2, -0.15) is 0 Å². The van der Waals surface area contributed by atoms with Crippen LogP contribution in [0.2, 0.25) is 0 Å². The third-order valence-corrected chi connectivity index (χ3v) is 6.17. The van der Waals surface area contributed by atoms with Crippen LogP contribution < -0.4 is 10.6 Å². The van der Waals surface area contributed by atoms with E-state index in [-0.39, 0.29) is 5.91 Å². The number of nitrogens with one attached hydrogen (secondary N) is 2. The normalized spacial score (nSPS) is 15.9. The fourth-order valence-corrected chi connectivity index (χ4v) is 4.46. The van der Waals surface area contributed by atoms with Crippen LogP contribution in [0.1, 0.15) is 35.7 Å². The molecule has 2 N–H and O–H groups in total. The Balaban J connectivity index is 1.70. The van der Waals surface area contributed by atoms with Gasteiger partial charge in [0.15, 0.2) is 0 Å². The Kier molecular flexibility index (Phi) is 5.98. The van der Waals surface area contributed by atoms with Gasteiger partial charge in [-0.3, -0.25) is 4.79 Å². The number of hydrogen-bond donors (Lipinski definition) is 2. The zero-order chi connectivity index (χ0) is 19.3. The van der Waals surface area contributed by atoms with E-state index < -0.39 is 0 Å². The first-order valence-corrected chi connectivity index (χ1v) is 10.8. The number of carbonyl (C=O) groups excluding carboxylic acids is 1. The smallest absolute Gasteiger partial charge is 0.251 e. The number of hydrogen-bond acceptors (Lipinski definition) is 5. The molecular formula is C22H26N4OS. The van der Waals surface area contributed by atoms with E-state index in [0.29, 0.717) is 12.1 Å². The Labute approximate surface area is 170 Å². The van der Waals surface area contributed by atoms with Gasteiger partial charge in [-0.05, 0) is 30.7 Å². The maximum absolute atomic E-state index is 12.5. The van der Waals surface area contributed by atoms with E-state index in [0.717, 1.165) is 55.4 Å². The number of fused-ring (bicyclic) bond motifs is 2. The fourth-order valence-electron chi connectivity index (χ4n) is 3.46. The van der Waals surface area contributed by atoms with Gasteiger partial charge < -0.3 is 15.5 Å². The maximum atomic E-state index is 12.5. The summed E-state index contributed by atoms with van der Waals surface area (Å²) in [5.41, 5.74) is 2.71. The molecule has 2 aliphatic heterocycles. The van der Waals surface area contributed by atoms with Crippen molar-refractivity contribution in [2.24, 2.45) is 4.99 Å². The molecule has 5 nitrogen and oxygen atoms in total. The minimum atomic E-state index is -0.0260. The van der Waals surface area contributed by atoms with Crippen molar-refractivity contribution in [1.82, 2.24) is 15.5 Å². The van der Waals surface area contributed by atoms with Crippen LogP contribution in [0, 0.1) is 0 Å². The number of benzene rings is 2. The van der Waals surface area contributed by atoms with Gasteiger partial charge >= 0.3 is 0 Å². The highest BCUT2D eigenvalue weighted by Crippen LogP contribution is 2.41. The minimum absolute atomic E-state index is 0.0260. The van der Waals surface area contributed by atoms with E-state index >= 15 is 0 Å². The highest BCUT2D eigenvalue weighted by Gasteiger charge is 2.23. The predicted octanol–water partition coefficient (Wildman–Crippen LogP) is 3.66. The molecule has 1 saturated heterocycles. The summed E-state index contributed by atoms with van der Waals surface area (Å²) in [5.74, 6) is 0.980. The summed E-state index contributed by atoms with van der Waals surface area (Å²) in [6, 6.07) is 14.3. The Bertz CT molecular complexity index is 890. The Hall–Kier alpha value is -2.31. The van der Waals surface area contributed by atoms with E-state index in [2.05, 4.69) is 46.7 Å². The summed E-state index contributed by atoms with van der Waals surface area (Å²) >= 11 is 1.72. The van der Waals surface area contributed by atoms with Crippen LogP contribution in [0.3, 0.4) is 0 Å². The molecule has 1 fully saturated rings. The molecule has 0 aliphatic carbocycles. The molecule has 2 aromatic carbocycles. The van der Waals surface area contributed by atoms with Gasteiger partial charge in [-0.15, -0.1) is 0 Å². The largest absolute Gasteiger partial charge is 0.354 e. The van der Waals surface area contributed by atoms with E-state index in [9.17, 15) is 4.79 Å². The Morgan fingerprint density at radius 1 is 1.18 bits per heavy atom. The molecule has 4 rings (SSSR count). The average Bonchev–Trinajstić information content (AvgIpc) is 2.90. The van der Waals surface area contributed by atoms with Gasteiger partial charge in [0, 0.05) is 53.6 Å². The van der Waals surface area contributed by atoms with E-state index in [1.54, 1.807) is 11.8 Å². The summed E-state index contributed by atoms with van der Waals surface area (Å²) in [7, 11) is 0. The second-order valence-electron chi connectivity index (χ2n) is 7.06. The van der Waals surface area contributed by atoms with Crippen LogP contribution in [-0.4, -0.2) is 49.4 Å². The highest BCUT2D eigenvalue weighted by molar-refractivity contribution is 7.99. The van der Waals surface area contributed by atoms with Crippen molar-refractivity contribution in [3.63, 3.8) is 0 Å². The first-order valence-electron chi connectivity index (χ1n) is 10.00. The SMILES string of the molecule is CCCCNC(=O)c1ccc2c(c1)N=C(N1CCNCC1)c1ccccc1S2. The average molecular weight is 395 g/mol. The second-order valence-corrected chi connectivity index (χ2v) is 8.15. The first-order chi connectivity index (χ1) is 13.8. The molecule has 0 spiro atoms. The number of nitrogens with zero attached hydrogens (tertiary/aromatic N) is 2. The summed E-state index contributed by atoms with van der Waals surface area (Å²) in [6.45, 7) is 6.62. The topological polar surface area (TPSA) is 56.7 Å². The lowest BCUT2D eigenvalue weighted by Crippen LogP contribution is -2.46. The van der Waals surface area contributed by atoms with Crippen molar-refractivity contribution in [3.05, 3.63) is 53.6 Å². The molecule has 0 radical (unpaired) electrons. The molecule has 1 amide bonds. The molecule has 28 heavy (non-hydrogen) atoms. The van der Waals surface area contributed by atoms with Gasteiger partial charge in [0.25, 0.3) is 5.91 Å². The van der Waals surface area contributed by atoms with Crippen molar-refractivity contribution in [2.45, 2.75) is 29.6 Å². The lowest BCUT2D eigenvalue weighted by molar-refractivity contribution is 0.0953. The Morgan fingerprint density at radius 3 is 2.82 bits per heavy atom. The number of carbonyl (C=O) groups is 1. The van der Waals surface area contributed by atoms with Crippen LogP contribution in [-0.2, 0) is 0 Å². The molecule has 0 unspecified atom stereocenters. The van der Waals surface area contributed by atoms with Crippen LogP contribution in [0.4, 0.5) is 5.69 Å². The molecule has 2 heterocycles. The van der Waals surface area contributed by atoms with Crippen molar-refractivity contribution in [1.29, 1.82) is 0 Å². The number of unbranched alkanes of at least 4 members (excludes halogenated alkanes) is 1. The summed E-state index contributed by atoms with van der Waals surface area (Å²) in [5, 5.41) is 6.41. The number of amides is 1. The van der Waals surface area contributed by atoms with Gasteiger partial charge in [0.2, 0.25) is 0 Å². The third-order valence-electron chi connectivity index (χ3n) is 5.03. The van der Waals surface area contributed by atoms with E-state index in [1.165, 1.54) is 10.5 Å². The molecule has 2 aliphatic rings. The molecule has 2 aromatic rings. The molecule has 146 valence electrons. The van der Waals surface area contributed by atoms with Crippen molar-refractivity contribution in [3.8, 4) is 0 Å². The minimum Gasteiger partial charge on any atom is -0.354 e. The van der Waals surface area contributed by atoms with Gasteiger partial charge in [0.1, 0.15) is 5.84 Å². The molecule has 0 aromatic heterocycles. The molecule has 0 atom stereocenters. The molecular weight excluding hydrogens is 368 g/mol. The monoisotopic (exact) mass is 394 g/mol. The van der Waals surface area contributed by atoms with Gasteiger partial charge in [-0.1, -0.05) is 43.3 Å². The maximum Gasteiger partial charge on any atom is 0.251 e. The lowest BCUT2D eigenvalue weighted by Gasteiger charge is -2.30. The summed E-state index contributed by atoms with van der Waals surface area (Å²) in [6.07, 6.45) is 2.06. The van der Waals surface area contributed by atoms with Crippen LogP contribution in [0.25, 0.3) is 0 Å². The van der Waals surface area contributed by atoms with Gasteiger partial charge in [-0.25, -0.2) is 4.99 Å². The zero-order valence-electron chi connectivity index (χ0n) is 16.2. The Morgan fingerprint density at radius 2 is 2.00 bits per heavy atom.